The maximum atomic E-state index is 13.6. The quantitative estimate of drug-likeness (QED) is 0.264. The molecule has 0 bridgehead atoms. The number of aromatic nitrogens is 3. The molecule has 0 aliphatic carbocycles. The predicted molar refractivity (Wildman–Crippen MR) is 127 cm³/mol. The molecule has 0 aliphatic rings. The van der Waals surface area contributed by atoms with Crippen molar-refractivity contribution in [1.29, 1.82) is 0 Å². The molecule has 9 heteroatoms. The average Bonchev–Trinajstić information content (AvgIpc) is 3.18. The summed E-state index contributed by atoms with van der Waals surface area (Å²) in [7, 11) is 0. The molecule has 0 atom stereocenters. The number of aryl methyl sites for hydroxylation is 1. The Morgan fingerprint density at radius 3 is 2.76 bits per heavy atom. The van der Waals surface area contributed by atoms with E-state index in [0.29, 0.717) is 37.6 Å². The number of nitrogens with one attached hydrogen (secondary N) is 1. The molecule has 5 N–H and O–H groups in total. The summed E-state index contributed by atoms with van der Waals surface area (Å²) in [6.07, 6.45) is 1.52. The highest BCUT2D eigenvalue weighted by atomic mass is 19.1. The lowest BCUT2D eigenvalue weighted by molar-refractivity contribution is 0.0952. The fraction of sp³-hybridized carbons (Fsp3) is 0.292. The number of imidazole rings is 1. The summed E-state index contributed by atoms with van der Waals surface area (Å²) in [5.41, 5.74) is 14.4. The molecule has 2 heterocycles. The third-order valence-corrected chi connectivity index (χ3v) is 5.48. The Balaban J connectivity index is 1.48. The van der Waals surface area contributed by atoms with Gasteiger partial charge in [-0.2, -0.15) is 0 Å². The first kappa shape index (κ1) is 22.5. The number of benzene rings is 2. The van der Waals surface area contributed by atoms with Gasteiger partial charge < -0.3 is 26.1 Å². The number of para-hydroxylation sites is 1. The van der Waals surface area contributed by atoms with Crippen LogP contribution in [0.15, 0.2) is 42.5 Å². The van der Waals surface area contributed by atoms with Crippen LogP contribution in [0.4, 0.5) is 15.9 Å². The number of anilines is 2. The van der Waals surface area contributed by atoms with Gasteiger partial charge in [-0.05, 0) is 44.0 Å². The van der Waals surface area contributed by atoms with Crippen LogP contribution in [0, 0.1) is 5.82 Å². The van der Waals surface area contributed by atoms with Crippen LogP contribution in [-0.4, -0.2) is 33.6 Å². The molecule has 172 valence electrons. The number of pyridine rings is 1. The monoisotopic (exact) mass is 450 g/mol. The predicted octanol–water partition coefficient (Wildman–Crippen LogP) is 3.63. The molecule has 4 aromatic rings. The van der Waals surface area contributed by atoms with Crippen LogP contribution in [0.25, 0.3) is 21.9 Å². The average molecular weight is 451 g/mol. The Labute approximate surface area is 190 Å². The number of carbonyl (C=O) groups excluding carboxylic acids is 1. The second kappa shape index (κ2) is 9.83. The van der Waals surface area contributed by atoms with E-state index in [9.17, 15) is 9.18 Å². The SMILES string of the molecule is CCOCc1nc2c(N)nc3ccccc3c2n1CCCCNC(=O)c1ccc(N)c(F)c1. The summed E-state index contributed by atoms with van der Waals surface area (Å²) < 4.78 is 21.3. The van der Waals surface area contributed by atoms with E-state index in [1.54, 1.807) is 0 Å². The Bertz CT molecular complexity index is 1300. The van der Waals surface area contributed by atoms with Gasteiger partial charge >= 0.3 is 0 Å². The molecule has 0 spiro atoms. The smallest absolute Gasteiger partial charge is 0.251 e. The molecule has 2 aromatic heterocycles. The zero-order valence-corrected chi connectivity index (χ0v) is 18.5. The molecule has 0 saturated carbocycles. The minimum atomic E-state index is -0.600. The number of carbonyl (C=O) groups is 1. The lowest BCUT2D eigenvalue weighted by Gasteiger charge is -2.11. The van der Waals surface area contributed by atoms with Gasteiger partial charge in [0.15, 0.2) is 5.82 Å². The van der Waals surface area contributed by atoms with Gasteiger partial charge in [0.05, 0.1) is 16.7 Å². The molecule has 0 fully saturated rings. The van der Waals surface area contributed by atoms with Gasteiger partial charge in [0.2, 0.25) is 0 Å². The molecular formula is C24H27FN6O2. The highest BCUT2D eigenvalue weighted by molar-refractivity contribution is 6.06. The number of ether oxygens (including phenoxy) is 1. The van der Waals surface area contributed by atoms with Crippen molar-refractivity contribution in [3.8, 4) is 0 Å². The summed E-state index contributed by atoms with van der Waals surface area (Å²) in [4.78, 5) is 21.5. The van der Waals surface area contributed by atoms with Crippen molar-refractivity contribution in [3.05, 3.63) is 59.7 Å². The van der Waals surface area contributed by atoms with E-state index >= 15 is 0 Å². The number of fused-ring (bicyclic) bond motifs is 3. The van der Waals surface area contributed by atoms with Gasteiger partial charge in [-0.15, -0.1) is 0 Å². The second-order valence-electron chi connectivity index (χ2n) is 7.73. The highest BCUT2D eigenvalue weighted by Gasteiger charge is 2.17. The Morgan fingerprint density at radius 2 is 1.97 bits per heavy atom. The van der Waals surface area contributed by atoms with E-state index in [-0.39, 0.29) is 17.2 Å². The Morgan fingerprint density at radius 1 is 1.15 bits per heavy atom. The minimum absolute atomic E-state index is 0.0188. The van der Waals surface area contributed by atoms with Crippen LogP contribution in [0.5, 0.6) is 0 Å². The molecule has 0 unspecified atom stereocenters. The van der Waals surface area contributed by atoms with Crippen molar-refractivity contribution in [2.24, 2.45) is 0 Å². The van der Waals surface area contributed by atoms with Gasteiger partial charge in [-0.25, -0.2) is 14.4 Å². The normalized spacial score (nSPS) is 11.3. The number of unbranched alkanes of at least 4 members (excludes halogenated alkanes) is 1. The molecule has 33 heavy (non-hydrogen) atoms. The van der Waals surface area contributed by atoms with Crippen LogP contribution >= 0.6 is 0 Å². The number of halogens is 1. The van der Waals surface area contributed by atoms with Crippen LogP contribution in [0.2, 0.25) is 0 Å². The molecule has 2 aromatic carbocycles. The number of nitrogens with two attached hydrogens (primary N) is 2. The number of nitrogens with zero attached hydrogens (tertiary/aromatic N) is 3. The lowest BCUT2D eigenvalue weighted by atomic mass is 10.1. The van der Waals surface area contributed by atoms with Gasteiger partial charge in [0, 0.05) is 30.6 Å². The lowest BCUT2D eigenvalue weighted by Crippen LogP contribution is -2.24. The van der Waals surface area contributed by atoms with Crippen molar-refractivity contribution in [2.45, 2.75) is 32.9 Å². The highest BCUT2D eigenvalue weighted by Crippen LogP contribution is 2.29. The zero-order valence-electron chi connectivity index (χ0n) is 18.5. The molecular weight excluding hydrogens is 423 g/mol. The summed E-state index contributed by atoms with van der Waals surface area (Å²) in [5.74, 6) is 0.252. The van der Waals surface area contributed by atoms with Crippen molar-refractivity contribution in [1.82, 2.24) is 19.9 Å². The van der Waals surface area contributed by atoms with E-state index in [2.05, 4.69) is 14.9 Å². The largest absolute Gasteiger partial charge is 0.396 e. The van der Waals surface area contributed by atoms with Crippen molar-refractivity contribution in [2.75, 3.05) is 24.6 Å². The van der Waals surface area contributed by atoms with Crippen LogP contribution in [0.3, 0.4) is 0 Å². The topological polar surface area (TPSA) is 121 Å². The Hall–Kier alpha value is -3.72. The first-order valence-corrected chi connectivity index (χ1v) is 10.9. The number of hydrogen-bond acceptors (Lipinski definition) is 6. The summed E-state index contributed by atoms with van der Waals surface area (Å²) in [6, 6.07) is 11.9. The van der Waals surface area contributed by atoms with Gasteiger partial charge in [0.1, 0.15) is 23.8 Å². The third-order valence-electron chi connectivity index (χ3n) is 5.48. The van der Waals surface area contributed by atoms with Crippen molar-refractivity contribution in [3.63, 3.8) is 0 Å². The number of hydrogen-bond donors (Lipinski definition) is 3. The summed E-state index contributed by atoms with van der Waals surface area (Å²) in [5, 5.41) is 3.81. The number of rotatable bonds is 9. The first-order chi connectivity index (χ1) is 16.0. The number of nitrogen functional groups attached to an aromatic ring is 2. The molecule has 4 rings (SSSR count). The van der Waals surface area contributed by atoms with E-state index < -0.39 is 5.82 Å². The zero-order chi connectivity index (χ0) is 23.4. The van der Waals surface area contributed by atoms with E-state index in [1.165, 1.54) is 12.1 Å². The van der Waals surface area contributed by atoms with Gasteiger partial charge in [0.25, 0.3) is 5.91 Å². The fourth-order valence-electron chi connectivity index (χ4n) is 3.82. The minimum Gasteiger partial charge on any atom is -0.396 e. The van der Waals surface area contributed by atoms with Crippen molar-refractivity contribution >= 4 is 39.3 Å². The van der Waals surface area contributed by atoms with E-state index in [0.717, 1.165) is 41.2 Å². The first-order valence-electron chi connectivity index (χ1n) is 10.9. The number of amides is 1. The third kappa shape index (κ3) is 4.73. The molecule has 0 aliphatic heterocycles. The van der Waals surface area contributed by atoms with Crippen LogP contribution < -0.4 is 16.8 Å². The standard InChI is InChI=1S/C24H27FN6O2/c1-2-33-14-20-30-21-22(16-7-3-4-8-19(16)29-23(21)27)31(20)12-6-5-11-28-24(32)15-9-10-18(26)17(25)13-15/h3-4,7-10,13H,2,5-6,11-12,14,26H2,1H3,(H2,27,29)(H,28,32). The van der Waals surface area contributed by atoms with Crippen LogP contribution in [-0.2, 0) is 17.9 Å². The van der Waals surface area contributed by atoms with E-state index in [4.69, 9.17) is 21.2 Å². The van der Waals surface area contributed by atoms with Crippen LogP contribution in [0.1, 0.15) is 35.9 Å². The second-order valence-corrected chi connectivity index (χ2v) is 7.73. The maximum absolute atomic E-state index is 13.6. The fourth-order valence-corrected chi connectivity index (χ4v) is 3.82. The summed E-state index contributed by atoms with van der Waals surface area (Å²) in [6.45, 7) is 4.03. The molecule has 0 saturated heterocycles. The van der Waals surface area contributed by atoms with Crippen molar-refractivity contribution < 1.29 is 13.9 Å². The molecule has 8 nitrogen and oxygen atoms in total. The molecule has 0 radical (unpaired) electrons. The Kier molecular flexibility index (Phi) is 6.69. The van der Waals surface area contributed by atoms with E-state index in [1.807, 2.05) is 31.2 Å². The van der Waals surface area contributed by atoms with Gasteiger partial charge in [-0.3, -0.25) is 4.79 Å². The summed E-state index contributed by atoms with van der Waals surface area (Å²) >= 11 is 0. The maximum Gasteiger partial charge on any atom is 0.251 e. The molecule has 1 amide bonds. The van der Waals surface area contributed by atoms with Gasteiger partial charge in [-0.1, -0.05) is 18.2 Å².